The molecule has 2 fully saturated rings. The molecule has 1 aromatic rings. The normalized spacial score (nSPS) is 27.5. The third-order valence-corrected chi connectivity index (χ3v) is 4.81. The number of carboxylic acid groups (broad SMARTS) is 1. The van der Waals surface area contributed by atoms with Crippen LogP contribution in [-0.2, 0) is 20.7 Å². The SMILES string of the molecule is Cc1ccc(CC(=O)N2C[C@H]3COCC[C@@]3(C(=O)O)C2)cn1. The number of aromatic nitrogens is 1. The molecule has 3 heterocycles. The quantitative estimate of drug-likeness (QED) is 0.897. The number of ether oxygens (including phenoxy) is 1. The van der Waals surface area contributed by atoms with Gasteiger partial charge in [0, 0.05) is 37.5 Å². The van der Waals surface area contributed by atoms with Gasteiger partial charge in [0.25, 0.3) is 0 Å². The van der Waals surface area contributed by atoms with Gasteiger partial charge in [-0.25, -0.2) is 0 Å². The summed E-state index contributed by atoms with van der Waals surface area (Å²) in [5.41, 5.74) is 0.927. The summed E-state index contributed by atoms with van der Waals surface area (Å²) in [5, 5.41) is 9.62. The molecule has 2 atom stereocenters. The maximum Gasteiger partial charge on any atom is 0.311 e. The number of aryl methyl sites for hydroxylation is 1. The summed E-state index contributed by atoms with van der Waals surface area (Å²) in [5.74, 6) is -0.965. The minimum absolute atomic E-state index is 0.0410. The number of hydrogen-bond donors (Lipinski definition) is 1. The maximum absolute atomic E-state index is 12.5. The van der Waals surface area contributed by atoms with Crippen molar-refractivity contribution >= 4 is 11.9 Å². The topological polar surface area (TPSA) is 79.7 Å². The first kappa shape index (κ1) is 15.0. The van der Waals surface area contributed by atoms with Crippen LogP contribution in [0.25, 0.3) is 0 Å². The lowest BCUT2D eigenvalue weighted by molar-refractivity contribution is -0.157. The molecule has 0 saturated carbocycles. The first-order valence-corrected chi connectivity index (χ1v) is 7.52. The second-order valence-electron chi connectivity index (χ2n) is 6.24. The van der Waals surface area contributed by atoms with Crippen LogP contribution in [0.4, 0.5) is 0 Å². The van der Waals surface area contributed by atoms with Crippen LogP contribution in [0.3, 0.4) is 0 Å². The van der Waals surface area contributed by atoms with E-state index in [0.29, 0.717) is 26.2 Å². The third-order valence-electron chi connectivity index (χ3n) is 4.81. The third kappa shape index (κ3) is 2.59. The highest BCUT2D eigenvalue weighted by atomic mass is 16.5. The average molecular weight is 304 g/mol. The monoisotopic (exact) mass is 304 g/mol. The minimum atomic E-state index is -0.834. The van der Waals surface area contributed by atoms with E-state index in [1.807, 2.05) is 19.1 Å². The van der Waals surface area contributed by atoms with Gasteiger partial charge in [-0.3, -0.25) is 14.6 Å². The van der Waals surface area contributed by atoms with Crippen LogP contribution in [0.1, 0.15) is 17.7 Å². The van der Waals surface area contributed by atoms with E-state index < -0.39 is 11.4 Å². The molecule has 0 radical (unpaired) electrons. The van der Waals surface area contributed by atoms with Gasteiger partial charge in [0.1, 0.15) is 0 Å². The van der Waals surface area contributed by atoms with Gasteiger partial charge in [0.15, 0.2) is 0 Å². The Labute approximate surface area is 129 Å². The van der Waals surface area contributed by atoms with Gasteiger partial charge in [-0.1, -0.05) is 6.07 Å². The van der Waals surface area contributed by atoms with Crippen molar-refractivity contribution < 1.29 is 19.4 Å². The Kier molecular flexibility index (Phi) is 3.87. The maximum atomic E-state index is 12.5. The minimum Gasteiger partial charge on any atom is -0.481 e. The molecule has 0 unspecified atom stereocenters. The van der Waals surface area contributed by atoms with Gasteiger partial charge < -0.3 is 14.7 Å². The average Bonchev–Trinajstić information content (AvgIpc) is 2.91. The van der Waals surface area contributed by atoms with Crippen molar-refractivity contribution in [3.63, 3.8) is 0 Å². The Hall–Kier alpha value is -1.95. The van der Waals surface area contributed by atoms with E-state index >= 15 is 0 Å². The van der Waals surface area contributed by atoms with Crippen LogP contribution in [0.5, 0.6) is 0 Å². The van der Waals surface area contributed by atoms with E-state index in [2.05, 4.69) is 4.98 Å². The zero-order valence-electron chi connectivity index (χ0n) is 12.6. The highest BCUT2D eigenvalue weighted by Gasteiger charge is 2.54. The number of likely N-dealkylation sites (tertiary alicyclic amines) is 1. The van der Waals surface area contributed by atoms with Crippen LogP contribution in [0.2, 0.25) is 0 Å². The van der Waals surface area contributed by atoms with Crippen molar-refractivity contribution in [1.29, 1.82) is 0 Å². The lowest BCUT2D eigenvalue weighted by Gasteiger charge is -2.33. The van der Waals surface area contributed by atoms with Crippen LogP contribution in [-0.4, -0.2) is 53.2 Å². The molecule has 0 bridgehead atoms. The molecule has 0 aliphatic carbocycles. The largest absolute Gasteiger partial charge is 0.481 e. The molecule has 22 heavy (non-hydrogen) atoms. The van der Waals surface area contributed by atoms with E-state index in [0.717, 1.165) is 11.3 Å². The molecule has 0 aromatic carbocycles. The van der Waals surface area contributed by atoms with Gasteiger partial charge >= 0.3 is 5.97 Å². The number of aliphatic carboxylic acids is 1. The summed E-state index contributed by atoms with van der Waals surface area (Å²) in [7, 11) is 0. The number of rotatable bonds is 3. The van der Waals surface area contributed by atoms with Crippen molar-refractivity contribution in [3.8, 4) is 0 Å². The molecule has 2 aliphatic rings. The smallest absolute Gasteiger partial charge is 0.311 e. The van der Waals surface area contributed by atoms with Crippen LogP contribution in [0, 0.1) is 18.3 Å². The number of nitrogens with zero attached hydrogens (tertiary/aromatic N) is 2. The molecular formula is C16H20N2O4. The van der Waals surface area contributed by atoms with Crippen LogP contribution >= 0.6 is 0 Å². The zero-order valence-corrected chi connectivity index (χ0v) is 12.6. The fourth-order valence-corrected chi connectivity index (χ4v) is 3.38. The highest BCUT2D eigenvalue weighted by molar-refractivity contribution is 5.82. The van der Waals surface area contributed by atoms with Gasteiger partial charge in [0.05, 0.1) is 18.4 Å². The number of amides is 1. The number of carboxylic acids is 1. The summed E-state index contributed by atoms with van der Waals surface area (Å²) < 4.78 is 5.41. The Morgan fingerprint density at radius 3 is 2.95 bits per heavy atom. The first-order valence-electron chi connectivity index (χ1n) is 7.52. The lowest BCUT2D eigenvalue weighted by Crippen LogP contribution is -2.45. The van der Waals surface area contributed by atoms with Crippen molar-refractivity contribution in [2.75, 3.05) is 26.3 Å². The number of carbonyl (C=O) groups is 2. The summed E-state index contributed by atoms with van der Waals surface area (Å²) in [4.78, 5) is 30.1. The van der Waals surface area contributed by atoms with E-state index in [-0.39, 0.29) is 24.8 Å². The van der Waals surface area contributed by atoms with E-state index in [1.54, 1.807) is 11.1 Å². The Balaban J connectivity index is 1.72. The molecule has 1 aromatic heterocycles. The molecule has 118 valence electrons. The number of hydrogen-bond acceptors (Lipinski definition) is 4. The predicted molar refractivity (Wildman–Crippen MR) is 78.3 cm³/mol. The summed E-state index contributed by atoms with van der Waals surface area (Å²) >= 11 is 0. The molecular weight excluding hydrogens is 284 g/mol. The summed E-state index contributed by atoms with van der Waals surface area (Å²) in [6.45, 7) is 3.52. The fourth-order valence-electron chi connectivity index (χ4n) is 3.38. The van der Waals surface area contributed by atoms with E-state index in [4.69, 9.17) is 4.74 Å². The molecule has 2 saturated heterocycles. The molecule has 6 nitrogen and oxygen atoms in total. The van der Waals surface area contributed by atoms with Crippen molar-refractivity contribution in [1.82, 2.24) is 9.88 Å². The van der Waals surface area contributed by atoms with Crippen molar-refractivity contribution in [3.05, 3.63) is 29.6 Å². The zero-order chi connectivity index (χ0) is 15.7. The Morgan fingerprint density at radius 1 is 1.50 bits per heavy atom. The predicted octanol–water partition coefficient (Wildman–Crippen LogP) is 0.882. The molecule has 6 heteroatoms. The van der Waals surface area contributed by atoms with Gasteiger partial charge in [-0.15, -0.1) is 0 Å². The Bertz CT molecular complexity index is 586. The van der Waals surface area contributed by atoms with Crippen LogP contribution < -0.4 is 0 Å². The second-order valence-corrected chi connectivity index (χ2v) is 6.24. The van der Waals surface area contributed by atoms with Gasteiger partial charge in [-0.05, 0) is 25.0 Å². The number of fused-ring (bicyclic) bond motifs is 1. The van der Waals surface area contributed by atoms with Crippen molar-refractivity contribution in [2.24, 2.45) is 11.3 Å². The second kappa shape index (κ2) is 5.68. The molecule has 1 N–H and O–H groups in total. The molecule has 1 amide bonds. The summed E-state index contributed by atoms with van der Waals surface area (Å²) in [6, 6.07) is 3.76. The Morgan fingerprint density at radius 2 is 2.32 bits per heavy atom. The number of carbonyl (C=O) groups excluding carboxylic acids is 1. The van der Waals surface area contributed by atoms with Crippen molar-refractivity contribution in [2.45, 2.75) is 19.8 Å². The lowest BCUT2D eigenvalue weighted by atomic mass is 9.74. The van der Waals surface area contributed by atoms with E-state index in [1.165, 1.54) is 0 Å². The summed E-state index contributed by atoms with van der Waals surface area (Å²) in [6.07, 6.45) is 2.44. The van der Waals surface area contributed by atoms with Gasteiger partial charge in [0.2, 0.25) is 5.91 Å². The first-order chi connectivity index (χ1) is 10.5. The molecule has 2 aliphatic heterocycles. The van der Waals surface area contributed by atoms with Crippen LogP contribution in [0.15, 0.2) is 18.3 Å². The highest BCUT2D eigenvalue weighted by Crippen LogP contribution is 2.42. The molecule has 3 rings (SSSR count). The van der Waals surface area contributed by atoms with Gasteiger partial charge in [-0.2, -0.15) is 0 Å². The van der Waals surface area contributed by atoms with E-state index in [9.17, 15) is 14.7 Å². The molecule has 0 spiro atoms. The fraction of sp³-hybridized carbons (Fsp3) is 0.562. The number of pyridine rings is 1. The standard InChI is InChI=1S/C16H20N2O4/c1-11-2-3-12(7-17-11)6-14(19)18-8-13-9-22-5-4-16(13,10-18)15(20)21/h2-3,7,13H,4-6,8-10H2,1H3,(H,20,21)/t13-,16+/m0/s1.